The number of aromatic nitrogens is 3. The topological polar surface area (TPSA) is 66.0 Å². The molecule has 5 nitrogen and oxygen atoms in total. The van der Waals surface area contributed by atoms with Gasteiger partial charge in [0.05, 0.1) is 7.11 Å². The van der Waals surface area contributed by atoms with Crippen molar-refractivity contribution in [2.24, 2.45) is 12.8 Å². The van der Waals surface area contributed by atoms with Crippen LogP contribution in [0.5, 0.6) is 5.75 Å². The van der Waals surface area contributed by atoms with Gasteiger partial charge in [0, 0.05) is 19.0 Å². The van der Waals surface area contributed by atoms with E-state index in [0.29, 0.717) is 13.0 Å². The van der Waals surface area contributed by atoms with Crippen molar-refractivity contribution in [2.45, 2.75) is 20.3 Å². The Balaban J connectivity index is 2.50. The summed E-state index contributed by atoms with van der Waals surface area (Å²) in [4.78, 5) is 4.56. The summed E-state index contributed by atoms with van der Waals surface area (Å²) in [6, 6.07) is 3.99. The molecule has 0 saturated carbocycles. The first-order valence-corrected chi connectivity index (χ1v) is 6.33. The monoisotopic (exact) mass is 260 g/mol. The lowest BCUT2D eigenvalue weighted by Gasteiger charge is -2.11. The summed E-state index contributed by atoms with van der Waals surface area (Å²) in [6.07, 6.45) is 0.696. The lowest BCUT2D eigenvalue weighted by Crippen LogP contribution is -2.04. The zero-order valence-corrected chi connectivity index (χ0v) is 11.9. The number of benzene rings is 1. The lowest BCUT2D eigenvalue weighted by molar-refractivity contribution is 0.411. The van der Waals surface area contributed by atoms with Gasteiger partial charge in [-0.2, -0.15) is 5.10 Å². The van der Waals surface area contributed by atoms with Crippen LogP contribution in [-0.4, -0.2) is 28.4 Å². The van der Waals surface area contributed by atoms with Crippen molar-refractivity contribution >= 4 is 0 Å². The molecule has 5 heteroatoms. The minimum Gasteiger partial charge on any atom is -0.496 e. The SMILES string of the molecule is COc1ccc(-c2nc(CCN)nn2C)c(C)c1C. The van der Waals surface area contributed by atoms with E-state index in [-0.39, 0.29) is 0 Å². The van der Waals surface area contributed by atoms with Crippen molar-refractivity contribution in [3.63, 3.8) is 0 Å². The van der Waals surface area contributed by atoms with Gasteiger partial charge in [-0.25, -0.2) is 9.67 Å². The molecule has 1 aromatic carbocycles. The third-order valence-electron chi connectivity index (χ3n) is 3.37. The second-order valence-corrected chi connectivity index (χ2v) is 4.58. The van der Waals surface area contributed by atoms with E-state index in [1.807, 2.05) is 19.2 Å². The predicted molar refractivity (Wildman–Crippen MR) is 75.2 cm³/mol. The van der Waals surface area contributed by atoms with Gasteiger partial charge in [0.15, 0.2) is 11.6 Å². The van der Waals surface area contributed by atoms with E-state index in [9.17, 15) is 0 Å². The first-order chi connectivity index (χ1) is 9.08. The number of methoxy groups -OCH3 is 1. The molecule has 1 aromatic heterocycles. The smallest absolute Gasteiger partial charge is 0.158 e. The van der Waals surface area contributed by atoms with Crippen molar-refractivity contribution in [3.05, 3.63) is 29.1 Å². The number of nitrogens with zero attached hydrogens (tertiary/aromatic N) is 3. The molecule has 2 aromatic rings. The summed E-state index contributed by atoms with van der Waals surface area (Å²) in [5.41, 5.74) is 8.91. The van der Waals surface area contributed by atoms with Gasteiger partial charge in [-0.3, -0.25) is 0 Å². The van der Waals surface area contributed by atoms with Crippen LogP contribution >= 0.6 is 0 Å². The van der Waals surface area contributed by atoms with Crippen molar-refractivity contribution < 1.29 is 4.74 Å². The highest BCUT2D eigenvalue weighted by molar-refractivity contribution is 5.64. The number of rotatable bonds is 4. The molecule has 0 saturated heterocycles. The van der Waals surface area contributed by atoms with Crippen LogP contribution in [0.15, 0.2) is 12.1 Å². The highest BCUT2D eigenvalue weighted by atomic mass is 16.5. The van der Waals surface area contributed by atoms with Crippen molar-refractivity contribution in [1.29, 1.82) is 0 Å². The summed E-state index contributed by atoms with van der Waals surface area (Å²) < 4.78 is 7.14. The average molecular weight is 260 g/mol. The summed E-state index contributed by atoms with van der Waals surface area (Å²) in [5, 5.41) is 4.38. The summed E-state index contributed by atoms with van der Waals surface area (Å²) in [5.74, 6) is 2.55. The van der Waals surface area contributed by atoms with E-state index in [1.54, 1.807) is 11.8 Å². The Kier molecular flexibility index (Phi) is 3.85. The molecule has 19 heavy (non-hydrogen) atoms. The molecule has 0 aliphatic rings. The summed E-state index contributed by atoms with van der Waals surface area (Å²) in [6.45, 7) is 4.68. The predicted octanol–water partition coefficient (Wildman–Crippen LogP) is 1.61. The number of nitrogens with two attached hydrogens (primary N) is 1. The van der Waals surface area contributed by atoms with E-state index >= 15 is 0 Å². The Hall–Kier alpha value is -1.88. The van der Waals surface area contributed by atoms with E-state index in [4.69, 9.17) is 10.5 Å². The Morgan fingerprint density at radius 3 is 2.63 bits per heavy atom. The van der Waals surface area contributed by atoms with Gasteiger partial charge in [0.1, 0.15) is 5.75 Å². The van der Waals surface area contributed by atoms with Crippen LogP contribution in [0.1, 0.15) is 17.0 Å². The zero-order chi connectivity index (χ0) is 14.0. The molecule has 0 aliphatic heterocycles. The van der Waals surface area contributed by atoms with Crippen molar-refractivity contribution in [2.75, 3.05) is 13.7 Å². The van der Waals surface area contributed by atoms with Crippen molar-refractivity contribution in [3.8, 4) is 17.1 Å². The Bertz CT molecular complexity index is 589. The second-order valence-electron chi connectivity index (χ2n) is 4.58. The van der Waals surface area contributed by atoms with Gasteiger partial charge in [-0.15, -0.1) is 0 Å². The molecule has 0 amide bonds. The molecule has 2 rings (SSSR count). The Labute approximate surface area is 113 Å². The molecule has 0 radical (unpaired) electrons. The van der Waals surface area contributed by atoms with E-state index in [2.05, 4.69) is 23.9 Å². The van der Waals surface area contributed by atoms with Crippen LogP contribution in [0, 0.1) is 13.8 Å². The van der Waals surface area contributed by atoms with Gasteiger partial charge >= 0.3 is 0 Å². The quantitative estimate of drug-likeness (QED) is 0.907. The molecule has 0 spiro atoms. The largest absolute Gasteiger partial charge is 0.496 e. The summed E-state index contributed by atoms with van der Waals surface area (Å²) >= 11 is 0. The van der Waals surface area contributed by atoms with Gasteiger partial charge in [0.2, 0.25) is 0 Å². The van der Waals surface area contributed by atoms with Crippen LogP contribution in [0.2, 0.25) is 0 Å². The van der Waals surface area contributed by atoms with Crippen LogP contribution in [-0.2, 0) is 13.5 Å². The van der Waals surface area contributed by atoms with Crippen LogP contribution < -0.4 is 10.5 Å². The third kappa shape index (κ3) is 2.46. The van der Waals surface area contributed by atoms with Crippen molar-refractivity contribution in [1.82, 2.24) is 14.8 Å². The van der Waals surface area contributed by atoms with E-state index in [0.717, 1.165) is 34.1 Å². The van der Waals surface area contributed by atoms with Gasteiger partial charge in [-0.05, 0) is 43.7 Å². The fourth-order valence-corrected chi connectivity index (χ4v) is 2.17. The third-order valence-corrected chi connectivity index (χ3v) is 3.37. The number of ether oxygens (including phenoxy) is 1. The molecule has 0 fully saturated rings. The molecule has 0 atom stereocenters. The van der Waals surface area contributed by atoms with E-state index in [1.165, 1.54) is 0 Å². The molecule has 1 heterocycles. The minimum atomic E-state index is 0.560. The molecule has 102 valence electrons. The van der Waals surface area contributed by atoms with Crippen LogP contribution in [0.3, 0.4) is 0 Å². The number of hydrogen-bond acceptors (Lipinski definition) is 4. The minimum absolute atomic E-state index is 0.560. The van der Waals surface area contributed by atoms with Crippen LogP contribution in [0.25, 0.3) is 11.4 Å². The fraction of sp³-hybridized carbons (Fsp3) is 0.429. The molecule has 0 bridgehead atoms. The first-order valence-electron chi connectivity index (χ1n) is 6.33. The standard InChI is InChI=1S/C14H20N4O/c1-9-10(2)12(19-4)6-5-11(9)14-16-13(7-8-15)17-18(14)3/h5-6H,7-8,15H2,1-4H3. The molecule has 0 aliphatic carbocycles. The summed E-state index contributed by atoms with van der Waals surface area (Å²) in [7, 11) is 3.59. The van der Waals surface area contributed by atoms with E-state index < -0.39 is 0 Å². The highest BCUT2D eigenvalue weighted by Crippen LogP contribution is 2.29. The lowest BCUT2D eigenvalue weighted by atomic mass is 10.0. The normalized spacial score (nSPS) is 10.8. The maximum absolute atomic E-state index is 5.54. The fourth-order valence-electron chi connectivity index (χ4n) is 2.17. The maximum Gasteiger partial charge on any atom is 0.158 e. The zero-order valence-electron chi connectivity index (χ0n) is 11.9. The average Bonchev–Trinajstić information content (AvgIpc) is 2.74. The molecular weight excluding hydrogens is 240 g/mol. The Morgan fingerprint density at radius 2 is 2.00 bits per heavy atom. The maximum atomic E-state index is 5.54. The number of hydrogen-bond donors (Lipinski definition) is 1. The molecule has 2 N–H and O–H groups in total. The van der Waals surface area contributed by atoms with Gasteiger partial charge in [0.25, 0.3) is 0 Å². The molecular formula is C14H20N4O. The van der Waals surface area contributed by atoms with Gasteiger partial charge in [-0.1, -0.05) is 0 Å². The second kappa shape index (κ2) is 5.40. The first kappa shape index (κ1) is 13.5. The Morgan fingerprint density at radius 1 is 1.26 bits per heavy atom. The highest BCUT2D eigenvalue weighted by Gasteiger charge is 2.14. The van der Waals surface area contributed by atoms with Crippen LogP contribution in [0.4, 0.5) is 0 Å². The molecule has 0 unspecified atom stereocenters. The number of aryl methyl sites for hydroxylation is 1. The van der Waals surface area contributed by atoms with Gasteiger partial charge < -0.3 is 10.5 Å².